The molecule has 0 spiro atoms. The molecular formula is C7H11NO2. The fourth-order valence-corrected chi connectivity index (χ4v) is 0.648. The maximum atomic E-state index is 5.22. The molecule has 0 aliphatic heterocycles. The average Bonchev–Trinajstić information content (AvgIpc) is 2.41. The first-order valence-electron chi connectivity index (χ1n) is 3.22. The highest BCUT2D eigenvalue weighted by atomic mass is 16.5. The van der Waals surface area contributed by atoms with Crippen LogP contribution in [0.3, 0.4) is 0 Å². The van der Waals surface area contributed by atoms with Crippen molar-refractivity contribution in [3.8, 4) is 0 Å². The zero-order valence-electron chi connectivity index (χ0n) is 5.75. The molecule has 0 bridgehead atoms. The fourth-order valence-electron chi connectivity index (χ4n) is 0.648. The van der Waals surface area contributed by atoms with Gasteiger partial charge in [-0.3, -0.25) is 0 Å². The average molecular weight is 141 g/mol. The Morgan fingerprint density at radius 1 is 1.60 bits per heavy atom. The third-order valence-corrected chi connectivity index (χ3v) is 1.11. The summed E-state index contributed by atoms with van der Waals surface area (Å²) in [5.41, 5.74) is 6.27. The van der Waals surface area contributed by atoms with Crippen molar-refractivity contribution >= 4 is 0 Å². The van der Waals surface area contributed by atoms with Crippen LogP contribution in [0.25, 0.3) is 0 Å². The molecular weight excluding hydrogens is 130 g/mol. The highest BCUT2D eigenvalue weighted by Crippen LogP contribution is 2.00. The maximum absolute atomic E-state index is 5.22. The van der Waals surface area contributed by atoms with Crippen LogP contribution in [0, 0.1) is 0 Å². The lowest BCUT2D eigenvalue weighted by atomic mass is 10.4. The molecule has 10 heavy (non-hydrogen) atoms. The quantitative estimate of drug-likeness (QED) is 0.629. The van der Waals surface area contributed by atoms with Crippen molar-refractivity contribution in [1.29, 1.82) is 0 Å². The SMILES string of the molecule is NCCOCc1ccoc1. The Bertz CT molecular complexity index is 160. The third kappa shape index (κ3) is 2.21. The number of hydrogen-bond donors (Lipinski definition) is 1. The van der Waals surface area contributed by atoms with Gasteiger partial charge in [0.2, 0.25) is 0 Å². The lowest BCUT2D eigenvalue weighted by Gasteiger charge is -1.97. The normalized spacial score (nSPS) is 10.1. The third-order valence-electron chi connectivity index (χ3n) is 1.11. The van der Waals surface area contributed by atoms with Gasteiger partial charge in [0, 0.05) is 12.1 Å². The number of hydrogen-bond acceptors (Lipinski definition) is 3. The monoisotopic (exact) mass is 141 g/mol. The Hall–Kier alpha value is -0.800. The first-order chi connectivity index (χ1) is 4.93. The van der Waals surface area contributed by atoms with Crippen molar-refractivity contribution in [2.45, 2.75) is 6.61 Å². The van der Waals surface area contributed by atoms with E-state index in [0.717, 1.165) is 5.56 Å². The van der Waals surface area contributed by atoms with Crippen LogP contribution in [0.4, 0.5) is 0 Å². The van der Waals surface area contributed by atoms with Gasteiger partial charge in [-0.1, -0.05) is 0 Å². The van der Waals surface area contributed by atoms with Crippen LogP contribution in [-0.2, 0) is 11.3 Å². The molecule has 0 saturated heterocycles. The van der Waals surface area contributed by atoms with E-state index in [1.54, 1.807) is 12.5 Å². The Morgan fingerprint density at radius 2 is 2.50 bits per heavy atom. The Morgan fingerprint density at radius 3 is 3.10 bits per heavy atom. The molecule has 3 nitrogen and oxygen atoms in total. The van der Waals surface area contributed by atoms with Gasteiger partial charge in [0.15, 0.2) is 0 Å². The van der Waals surface area contributed by atoms with Crippen molar-refractivity contribution in [1.82, 2.24) is 0 Å². The molecule has 1 aromatic rings. The summed E-state index contributed by atoms with van der Waals surface area (Å²) in [4.78, 5) is 0. The number of rotatable bonds is 4. The fraction of sp³-hybridized carbons (Fsp3) is 0.429. The molecule has 2 N–H and O–H groups in total. The van der Waals surface area contributed by atoms with Crippen LogP contribution >= 0.6 is 0 Å². The molecule has 3 heteroatoms. The van der Waals surface area contributed by atoms with E-state index in [9.17, 15) is 0 Å². The summed E-state index contributed by atoms with van der Waals surface area (Å²) in [6.07, 6.45) is 3.29. The first kappa shape index (κ1) is 7.31. The smallest absolute Gasteiger partial charge is 0.0957 e. The second kappa shape index (κ2) is 4.09. The predicted octanol–water partition coefficient (Wildman–Crippen LogP) is 0.755. The molecule has 56 valence electrons. The van der Waals surface area contributed by atoms with Crippen molar-refractivity contribution in [2.75, 3.05) is 13.2 Å². The van der Waals surface area contributed by atoms with Crippen molar-refractivity contribution < 1.29 is 9.15 Å². The van der Waals surface area contributed by atoms with Gasteiger partial charge in [-0.2, -0.15) is 0 Å². The van der Waals surface area contributed by atoms with E-state index in [4.69, 9.17) is 14.9 Å². The van der Waals surface area contributed by atoms with E-state index < -0.39 is 0 Å². The van der Waals surface area contributed by atoms with Gasteiger partial charge in [-0.15, -0.1) is 0 Å². The number of nitrogens with two attached hydrogens (primary N) is 1. The second-order valence-corrected chi connectivity index (χ2v) is 1.97. The second-order valence-electron chi connectivity index (χ2n) is 1.97. The van der Waals surface area contributed by atoms with Gasteiger partial charge in [-0.25, -0.2) is 0 Å². The van der Waals surface area contributed by atoms with Gasteiger partial charge < -0.3 is 14.9 Å². The molecule has 0 amide bonds. The van der Waals surface area contributed by atoms with E-state index in [1.807, 2.05) is 6.07 Å². The summed E-state index contributed by atoms with van der Waals surface area (Å²) in [5, 5.41) is 0. The predicted molar refractivity (Wildman–Crippen MR) is 37.4 cm³/mol. The highest BCUT2D eigenvalue weighted by Gasteiger charge is 1.91. The number of ether oxygens (including phenoxy) is 1. The van der Waals surface area contributed by atoms with Gasteiger partial charge >= 0.3 is 0 Å². The molecule has 0 unspecified atom stereocenters. The van der Waals surface area contributed by atoms with E-state index in [2.05, 4.69) is 0 Å². The molecule has 0 aliphatic rings. The van der Waals surface area contributed by atoms with Crippen LogP contribution in [0.15, 0.2) is 23.0 Å². The molecule has 0 aromatic carbocycles. The van der Waals surface area contributed by atoms with Gasteiger partial charge in [-0.05, 0) is 6.07 Å². The molecule has 1 rings (SSSR count). The van der Waals surface area contributed by atoms with Gasteiger partial charge in [0.25, 0.3) is 0 Å². The Labute approximate surface area is 59.8 Å². The molecule has 0 atom stereocenters. The van der Waals surface area contributed by atoms with E-state index in [-0.39, 0.29) is 0 Å². The Kier molecular flexibility index (Phi) is 2.99. The summed E-state index contributed by atoms with van der Waals surface area (Å²) in [6.45, 7) is 1.76. The zero-order chi connectivity index (χ0) is 7.23. The summed E-state index contributed by atoms with van der Waals surface area (Å²) < 4.78 is 9.98. The van der Waals surface area contributed by atoms with Gasteiger partial charge in [0.05, 0.1) is 25.7 Å². The molecule has 0 aliphatic carbocycles. The lowest BCUT2D eigenvalue weighted by Crippen LogP contribution is -2.07. The highest BCUT2D eigenvalue weighted by molar-refractivity contribution is 5.02. The summed E-state index contributed by atoms with van der Waals surface area (Å²) >= 11 is 0. The van der Waals surface area contributed by atoms with Crippen molar-refractivity contribution in [2.24, 2.45) is 5.73 Å². The van der Waals surface area contributed by atoms with E-state index in [1.165, 1.54) is 0 Å². The minimum Gasteiger partial charge on any atom is -0.472 e. The van der Waals surface area contributed by atoms with Crippen LogP contribution in [0.2, 0.25) is 0 Å². The van der Waals surface area contributed by atoms with Gasteiger partial charge in [0.1, 0.15) is 0 Å². The summed E-state index contributed by atoms with van der Waals surface area (Å²) in [7, 11) is 0. The van der Waals surface area contributed by atoms with Crippen molar-refractivity contribution in [3.63, 3.8) is 0 Å². The topological polar surface area (TPSA) is 48.4 Å². The molecule has 1 aromatic heterocycles. The zero-order valence-corrected chi connectivity index (χ0v) is 5.75. The minimum absolute atomic E-state index is 0.567. The minimum atomic E-state index is 0.567. The van der Waals surface area contributed by atoms with Crippen molar-refractivity contribution in [3.05, 3.63) is 24.2 Å². The molecule has 0 radical (unpaired) electrons. The standard InChI is InChI=1S/C7H11NO2/c8-2-4-10-6-7-1-3-9-5-7/h1,3,5H,2,4,6,8H2. The van der Waals surface area contributed by atoms with Crippen LogP contribution < -0.4 is 5.73 Å². The summed E-state index contributed by atoms with van der Waals surface area (Å²) in [5.74, 6) is 0. The van der Waals surface area contributed by atoms with Crippen LogP contribution in [0.1, 0.15) is 5.56 Å². The summed E-state index contributed by atoms with van der Waals surface area (Å²) in [6, 6.07) is 1.87. The molecule has 0 fully saturated rings. The van der Waals surface area contributed by atoms with E-state index in [0.29, 0.717) is 19.8 Å². The van der Waals surface area contributed by atoms with Crippen LogP contribution in [0.5, 0.6) is 0 Å². The molecule has 1 heterocycles. The largest absolute Gasteiger partial charge is 0.472 e. The number of furan rings is 1. The van der Waals surface area contributed by atoms with Crippen LogP contribution in [-0.4, -0.2) is 13.2 Å². The lowest BCUT2D eigenvalue weighted by molar-refractivity contribution is 0.128. The van der Waals surface area contributed by atoms with E-state index >= 15 is 0 Å². The first-order valence-corrected chi connectivity index (χ1v) is 3.22. The maximum Gasteiger partial charge on any atom is 0.0957 e. The Balaban J connectivity index is 2.15. The molecule has 0 saturated carbocycles.